The third-order valence-corrected chi connectivity index (χ3v) is 9.60. The van der Waals surface area contributed by atoms with Gasteiger partial charge in [0.2, 0.25) is 0 Å². The SMILES string of the molecule is CCn1ccc2c(-c3ccc4c(n3)=CC(CNC(=O)c3ccc5c(c3)[C@](C)(C#N)COC5)=C[I-]C=4)cccc21. The summed E-state index contributed by atoms with van der Waals surface area (Å²) in [7, 11) is 0. The summed E-state index contributed by atoms with van der Waals surface area (Å²) in [6.45, 7) is 6.14. The van der Waals surface area contributed by atoms with Gasteiger partial charge in [0.1, 0.15) is 0 Å². The summed E-state index contributed by atoms with van der Waals surface area (Å²) >= 11 is -0.308. The van der Waals surface area contributed by atoms with Gasteiger partial charge in [0.25, 0.3) is 0 Å². The van der Waals surface area contributed by atoms with E-state index in [2.05, 4.69) is 79.7 Å². The van der Waals surface area contributed by atoms with Crippen LogP contribution in [-0.2, 0) is 23.3 Å². The second-order valence-electron chi connectivity index (χ2n) is 10.1. The molecule has 196 valence electrons. The van der Waals surface area contributed by atoms with Crippen LogP contribution in [0.25, 0.3) is 32.3 Å². The molecule has 0 aliphatic carbocycles. The molecule has 2 aliphatic rings. The summed E-state index contributed by atoms with van der Waals surface area (Å²) in [6.07, 6.45) is 4.22. The van der Waals surface area contributed by atoms with Crippen LogP contribution >= 0.6 is 0 Å². The topological polar surface area (TPSA) is 79.9 Å². The van der Waals surface area contributed by atoms with Gasteiger partial charge in [0.15, 0.2) is 0 Å². The van der Waals surface area contributed by atoms with Crippen molar-refractivity contribution in [3.63, 3.8) is 0 Å². The third kappa shape index (κ3) is 4.79. The number of benzene rings is 2. The number of halogens is 1. The Balaban J connectivity index is 1.26. The zero-order valence-corrected chi connectivity index (χ0v) is 24.0. The van der Waals surface area contributed by atoms with E-state index in [0.29, 0.717) is 25.3 Å². The molecular weight excluding hydrogens is 599 g/mol. The van der Waals surface area contributed by atoms with E-state index in [-0.39, 0.29) is 27.1 Å². The van der Waals surface area contributed by atoms with Crippen molar-refractivity contribution in [3.05, 3.63) is 97.7 Å². The van der Waals surface area contributed by atoms with Crippen LogP contribution in [0.5, 0.6) is 0 Å². The molecule has 0 unspecified atom stereocenters. The van der Waals surface area contributed by atoms with E-state index < -0.39 is 5.41 Å². The number of fused-ring (bicyclic) bond motifs is 3. The van der Waals surface area contributed by atoms with Crippen molar-refractivity contribution in [2.75, 3.05) is 13.2 Å². The third-order valence-electron chi connectivity index (χ3n) is 7.41. The van der Waals surface area contributed by atoms with Gasteiger partial charge in [0.05, 0.1) is 0 Å². The number of carbonyl (C=O) groups is 1. The summed E-state index contributed by atoms with van der Waals surface area (Å²) in [5.74, 6) is -0.153. The summed E-state index contributed by atoms with van der Waals surface area (Å²) in [5, 5.41) is 16.1. The van der Waals surface area contributed by atoms with Gasteiger partial charge in [-0.2, -0.15) is 0 Å². The molecule has 0 radical (unpaired) electrons. The van der Waals surface area contributed by atoms with Crippen LogP contribution in [0.4, 0.5) is 0 Å². The molecule has 4 aromatic rings. The van der Waals surface area contributed by atoms with Crippen molar-refractivity contribution in [1.82, 2.24) is 14.9 Å². The first-order valence-corrected chi connectivity index (χ1v) is 15.5. The standard InChI is InChI=1S/C32H28IN4O2/c1-3-37-12-11-26-25(5-4-6-30(26)37)28-10-9-23-16-33-15-21(13-29(23)36-28)17-35-31(38)22-7-8-24-18-39-20-32(2,19-34)27(24)14-22/h4-16H,3,17-18,20H2,1-2H3,(H,35,38)/q-1/t32-/m1/s1. The van der Waals surface area contributed by atoms with E-state index in [1.165, 1.54) is 10.9 Å². The molecule has 2 aromatic carbocycles. The molecule has 7 heteroatoms. The Hall–Kier alpha value is -3.74. The van der Waals surface area contributed by atoms with Gasteiger partial charge < -0.3 is 0 Å². The Bertz CT molecular complexity index is 1810. The van der Waals surface area contributed by atoms with Gasteiger partial charge in [-0.1, -0.05) is 0 Å². The molecule has 2 aliphatic heterocycles. The molecule has 1 amide bonds. The molecule has 0 fully saturated rings. The summed E-state index contributed by atoms with van der Waals surface area (Å²) in [4.78, 5) is 18.2. The van der Waals surface area contributed by atoms with Gasteiger partial charge in [-0.3, -0.25) is 0 Å². The van der Waals surface area contributed by atoms with Crippen LogP contribution in [0, 0.1) is 11.3 Å². The number of nitriles is 1. The van der Waals surface area contributed by atoms with Crippen molar-refractivity contribution >= 4 is 27.0 Å². The second-order valence-corrected chi connectivity index (χ2v) is 12.0. The fourth-order valence-electron chi connectivity index (χ4n) is 5.22. The Morgan fingerprint density at radius 3 is 2.95 bits per heavy atom. The number of hydrogen-bond donors (Lipinski definition) is 1. The van der Waals surface area contributed by atoms with E-state index in [4.69, 9.17) is 9.72 Å². The van der Waals surface area contributed by atoms with Crippen LogP contribution in [-0.4, -0.2) is 28.6 Å². The number of nitrogens with zero attached hydrogens (tertiary/aromatic N) is 3. The van der Waals surface area contributed by atoms with Crippen molar-refractivity contribution in [2.45, 2.75) is 32.4 Å². The van der Waals surface area contributed by atoms with Crippen LogP contribution in [0.2, 0.25) is 0 Å². The molecular formula is C32H28IN4O2-. The van der Waals surface area contributed by atoms with Gasteiger partial charge in [-0.25, -0.2) is 0 Å². The number of amides is 1. The van der Waals surface area contributed by atoms with Gasteiger partial charge in [0, 0.05) is 0 Å². The van der Waals surface area contributed by atoms with Gasteiger partial charge in [-0.15, -0.1) is 0 Å². The van der Waals surface area contributed by atoms with Crippen molar-refractivity contribution in [3.8, 4) is 17.3 Å². The molecule has 1 atom stereocenters. The quantitative estimate of drug-likeness (QED) is 0.335. The number of hydrogen-bond acceptors (Lipinski definition) is 4. The monoisotopic (exact) mass is 627 g/mol. The first-order valence-electron chi connectivity index (χ1n) is 13.0. The van der Waals surface area contributed by atoms with E-state index in [0.717, 1.165) is 45.1 Å². The number of pyridine rings is 1. The average Bonchev–Trinajstić information content (AvgIpc) is 3.28. The van der Waals surface area contributed by atoms with Crippen molar-refractivity contribution in [1.29, 1.82) is 5.26 Å². The van der Waals surface area contributed by atoms with Gasteiger partial charge >= 0.3 is 238 Å². The molecule has 6 rings (SSSR count). The summed E-state index contributed by atoms with van der Waals surface area (Å²) in [5.41, 5.74) is 5.97. The first-order chi connectivity index (χ1) is 19.0. The normalized spacial score (nSPS) is 18.2. The number of aryl methyl sites for hydroxylation is 1. The molecule has 6 nitrogen and oxygen atoms in total. The summed E-state index contributed by atoms with van der Waals surface area (Å²) in [6, 6.07) is 20.7. The molecule has 0 saturated heterocycles. The number of rotatable bonds is 5. The Labute approximate surface area is 237 Å². The fraction of sp³-hybridized carbons (Fsp3) is 0.219. The number of ether oxygens (including phenoxy) is 1. The van der Waals surface area contributed by atoms with E-state index in [1.54, 1.807) is 0 Å². The first kappa shape index (κ1) is 25.5. The van der Waals surface area contributed by atoms with E-state index in [9.17, 15) is 10.1 Å². The maximum atomic E-state index is 13.1. The number of nitrogens with one attached hydrogen (secondary N) is 1. The average molecular weight is 628 g/mol. The van der Waals surface area contributed by atoms with E-state index in [1.807, 2.05) is 25.1 Å². The minimum absolute atomic E-state index is 0.153. The molecule has 0 saturated carbocycles. The maximum absolute atomic E-state index is 13.1. The van der Waals surface area contributed by atoms with Crippen LogP contribution in [0.1, 0.15) is 35.3 Å². The molecule has 0 spiro atoms. The van der Waals surface area contributed by atoms with Crippen LogP contribution < -0.4 is 37.1 Å². The van der Waals surface area contributed by atoms with Crippen molar-refractivity contribution in [2.24, 2.45) is 0 Å². The Morgan fingerprint density at radius 2 is 2.10 bits per heavy atom. The molecule has 0 bridgehead atoms. The van der Waals surface area contributed by atoms with E-state index >= 15 is 0 Å². The Kier molecular flexibility index (Phi) is 6.83. The van der Waals surface area contributed by atoms with Crippen LogP contribution in [0.3, 0.4) is 0 Å². The molecule has 4 heterocycles. The zero-order chi connectivity index (χ0) is 27.0. The number of carbonyl (C=O) groups excluding carboxylic acids is 1. The van der Waals surface area contributed by atoms with Crippen molar-refractivity contribution < 1.29 is 30.7 Å². The fourth-order valence-corrected chi connectivity index (χ4v) is 7.18. The van der Waals surface area contributed by atoms with Crippen LogP contribution in [0.15, 0.2) is 70.5 Å². The second kappa shape index (κ2) is 10.4. The number of aromatic nitrogens is 2. The summed E-state index contributed by atoms with van der Waals surface area (Å²) < 4.78 is 12.3. The molecule has 2 aromatic heterocycles. The Morgan fingerprint density at radius 1 is 1.21 bits per heavy atom. The predicted molar refractivity (Wildman–Crippen MR) is 149 cm³/mol. The van der Waals surface area contributed by atoms with Gasteiger partial charge in [-0.05, 0) is 0 Å². The predicted octanol–water partition coefficient (Wildman–Crippen LogP) is 0.970. The zero-order valence-electron chi connectivity index (χ0n) is 21.9. The molecule has 1 N–H and O–H groups in total. The molecule has 39 heavy (non-hydrogen) atoms. The minimum atomic E-state index is -0.752.